The zero-order chi connectivity index (χ0) is 32.6. The molecule has 0 radical (unpaired) electrons. The highest BCUT2D eigenvalue weighted by Gasteiger charge is 2.51. The summed E-state index contributed by atoms with van der Waals surface area (Å²) in [7, 11) is -5.31. The van der Waals surface area contributed by atoms with Gasteiger partial charge in [0.1, 0.15) is 0 Å². The number of benzene rings is 4. The molecular weight excluding hydrogens is 585 g/mol. The van der Waals surface area contributed by atoms with Crippen molar-refractivity contribution in [3.63, 3.8) is 0 Å². The van der Waals surface area contributed by atoms with Crippen LogP contribution < -0.4 is 32.2 Å². The lowest BCUT2D eigenvalue weighted by Crippen LogP contribution is -2.67. The summed E-state index contributed by atoms with van der Waals surface area (Å²) in [5.41, 5.74) is 12.8. The zero-order valence-electron chi connectivity index (χ0n) is 28.3. The molecule has 6 heteroatoms. The minimum absolute atomic E-state index is 0.0871. The molecule has 0 atom stereocenters. The van der Waals surface area contributed by atoms with Crippen molar-refractivity contribution in [2.45, 2.75) is 64.5 Å². The van der Waals surface area contributed by atoms with Gasteiger partial charge in [0.15, 0.2) is 0 Å². The molecule has 0 fully saturated rings. The Morgan fingerprint density at radius 2 is 0.689 bits per heavy atom. The molecule has 0 aliphatic rings. The summed E-state index contributed by atoms with van der Waals surface area (Å²) in [6.45, 7) is 16.0. The molecule has 45 heavy (non-hydrogen) atoms. The van der Waals surface area contributed by atoms with E-state index in [0.29, 0.717) is 26.3 Å². The molecule has 4 aromatic rings. The molecule has 4 rings (SSSR count). The second-order valence-corrected chi connectivity index (χ2v) is 23.0. The molecule has 4 nitrogen and oxygen atoms in total. The third-order valence-electron chi connectivity index (χ3n) is 9.60. The maximum atomic E-state index is 7.26. The Morgan fingerprint density at radius 1 is 0.444 bits per heavy atom. The van der Waals surface area contributed by atoms with Gasteiger partial charge in [-0.3, -0.25) is 0 Å². The Labute approximate surface area is 274 Å². The van der Waals surface area contributed by atoms with Gasteiger partial charge in [0.05, 0.1) is 0 Å². The van der Waals surface area contributed by atoms with Gasteiger partial charge >= 0.3 is 0 Å². The van der Waals surface area contributed by atoms with E-state index in [1.807, 2.05) is 0 Å². The Morgan fingerprint density at radius 3 is 0.889 bits per heavy atom. The summed E-state index contributed by atoms with van der Waals surface area (Å²) in [5.74, 6) is 0. The lowest BCUT2D eigenvalue weighted by atomic mass is 9.82. The van der Waals surface area contributed by atoms with Crippen molar-refractivity contribution in [2.24, 2.45) is 16.9 Å². The molecule has 0 bridgehead atoms. The summed E-state index contributed by atoms with van der Waals surface area (Å²) >= 11 is 0. The number of nitrogens with two attached hydrogens (primary N) is 2. The maximum absolute atomic E-state index is 7.26. The second kappa shape index (κ2) is 14.7. The van der Waals surface area contributed by atoms with Gasteiger partial charge in [-0.25, -0.2) is 0 Å². The molecule has 0 saturated heterocycles. The number of hydrogen-bond donors (Lipinski definition) is 2. The largest absolute Gasteiger partial charge is 0.407 e. The fraction of sp³-hybridized carbons (Fsp3) is 0.385. The quantitative estimate of drug-likeness (QED) is 0.171. The van der Waals surface area contributed by atoms with E-state index in [1.54, 1.807) is 0 Å². The molecule has 240 valence electrons. The summed E-state index contributed by atoms with van der Waals surface area (Å²) in [6.07, 6.45) is 1.54. The average molecular weight is 639 g/mol. The fourth-order valence-corrected chi connectivity index (χ4v) is 16.1. The Bertz CT molecular complexity index is 1240. The van der Waals surface area contributed by atoms with E-state index in [1.165, 1.54) is 20.7 Å². The van der Waals surface area contributed by atoms with Crippen molar-refractivity contribution < 1.29 is 8.85 Å². The SMILES string of the molecule is CC(C)(C)[Si](OCCC(CN)(CN)CCO[Si](c1ccccc1)(c1ccccc1)C(C)(C)C)(c1ccccc1)c1ccccc1. The predicted octanol–water partition coefficient (Wildman–Crippen LogP) is 5.82. The molecule has 0 aliphatic heterocycles. The molecule has 4 N–H and O–H groups in total. The van der Waals surface area contributed by atoms with E-state index in [0.717, 1.165) is 12.8 Å². The van der Waals surface area contributed by atoms with E-state index in [2.05, 4.69) is 163 Å². The minimum atomic E-state index is -2.65. The van der Waals surface area contributed by atoms with Crippen LogP contribution in [0.15, 0.2) is 121 Å². The highest BCUT2D eigenvalue weighted by atomic mass is 28.4. The molecule has 0 saturated carbocycles. The molecule has 0 unspecified atom stereocenters. The maximum Gasteiger partial charge on any atom is 0.261 e. The van der Waals surface area contributed by atoms with Crippen LogP contribution in [0.1, 0.15) is 54.4 Å². The Hall–Kier alpha value is -2.85. The molecule has 0 spiro atoms. The lowest BCUT2D eigenvalue weighted by molar-refractivity contribution is 0.153. The van der Waals surface area contributed by atoms with E-state index in [9.17, 15) is 0 Å². The molecule has 4 aromatic carbocycles. The topological polar surface area (TPSA) is 70.5 Å². The van der Waals surface area contributed by atoms with Gasteiger partial charge in [-0.2, -0.15) is 0 Å². The molecule has 0 amide bonds. The molecule has 0 aromatic heterocycles. The monoisotopic (exact) mass is 638 g/mol. The summed E-state index contributed by atoms with van der Waals surface area (Å²) in [6, 6.07) is 43.2. The zero-order valence-corrected chi connectivity index (χ0v) is 30.3. The van der Waals surface area contributed by atoms with Crippen LogP contribution in [-0.2, 0) is 8.85 Å². The highest BCUT2D eigenvalue weighted by Crippen LogP contribution is 2.39. The normalized spacial score (nSPS) is 13.2. The van der Waals surface area contributed by atoms with E-state index < -0.39 is 16.6 Å². The van der Waals surface area contributed by atoms with Gasteiger partial charge in [0.2, 0.25) is 0 Å². The minimum Gasteiger partial charge on any atom is -0.407 e. The third-order valence-corrected chi connectivity index (χ3v) is 19.7. The smallest absolute Gasteiger partial charge is 0.261 e. The second-order valence-electron chi connectivity index (χ2n) is 14.4. The van der Waals surface area contributed by atoms with Gasteiger partial charge in [-0.1, -0.05) is 163 Å². The van der Waals surface area contributed by atoms with Crippen molar-refractivity contribution in [1.82, 2.24) is 0 Å². The van der Waals surface area contributed by atoms with Crippen LogP contribution in [0, 0.1) is 5.41 Å². The van der Waals surface area contributed by atoms with Crippen molar-refractivity contribution in [3.05, 3.63) is 121 Å². The van der Waals surface area contributed by atoms with E-state index >= 15 is 0 Å². The van der Waals surface area contributed by atoms with Crippen LogP contribution in [0.2, 0.25) is 10.1 Å². The number of hydrogen-bond acceptors (Lipinski definition) is 4. The molecule has 0 heterocycles. The first-order valence-corrected chi connectivity index (χ1v) is 20.2. The summed E-state index contributed by atoms with van der Waals surface area (Å²) in [5, 5.41) is 4.95. The average Bonchev–Trinajstić information content (AvgIpc) is 3.05. The van der Waals surface area contributed by atoms with E-state index in [-0.39, 0.29) is 15.5 Å². The standard InChI is InChI=1S/C39H54N2O2Si2/c1-37(2,3)44(33-19-11-7-12-20-33,34-21-13-8-14-22-34)42-29-27-39(31-40,32-41)28-30-43-45(38(4,5)6,35-23-15-9-16-24-35)36-25-17-10-18-26-36/h7-26H,27-32,40-41H2,1-6H3. The fourth-order valence-electron chi connectivity index (χ4n) is 6.98. The van der Waals surface area contributed by atoms with Crippen molar-refractivity contribution in [3.8, 4) is 0 Å². The summed E-state index contributed by atoms with van der Waals surface area (Å²) < 4.78 is 14.5. The van der Waals surface area contributed by atoms with Crippen LogP contribution >= 0.6 is 0 Å². The first kappa shape index (κ1) is 35.0. The van der Waals surface area contributed by atoms with Crippen molar-refractivity contribution in [1.29, 1.82) is 0 Å². The van der Waals surface area contributed by atoms with Crippen LogP contribution in [0.5, 0.6) is 0 Å². The highest BCUT2D eigenvalue weighted by molar-refractivity contribution is 7.00. The van der Waals surface area contributed by atoms with E-state index in [4.69, 9.17) is 20.3 Å². The molecular formula is C39H54N2O2Si2. The van der Waals surface area contributed by atoms with Crippen LogP contribution in [0.4, 0.5) is 0 Å². The third kappa shape index (κ3) is 7.27. The Balaban J connectivity index is 1.62. The first-order valence-electron chi connectivity index (χ1n) is 16.4. The lowest BCUT2D eigenvalue weighted by Gasteiger charge is -2.45. The van der Waals surface area contributed by atoms with Gasteiger partial charge in [-0.05, 0) is 62.2 Å². The van der Waals surface area contributed by atoms with Crippen LogP contribution in [-0.4, -0.2) is 42.9 Å². The Kier molecular flexibility index (Phi) is 11.4. The number of rotatable bonds is 14. The van der Waals surface area contributed by atoms with Crippen LogP contribution in [0.25, 0.3) is 0 Å². The van der Waals surface area contributed by atoms with Crippen molar-refractivity contribution in [2.75, 3.05) is 26.3 Å². The van der Waals surface area contributed by atoms with Gasteiger partial charge in [0.25, 0.3) is 16.6 Å². The van der Waals surface area contributed by atoms with Gasteiger partial charge in [0, 0.05) is 13.2 Å². The van der Waals surface area contributed by atoms with Crippen LogP contribution in [0.3, 0.4) is 0 Å². The predicted molar refractivity (Wildman–Crippen MR) is 197 cm³/mol. The van der Waals surface area contributed by atoms with Gasteiger partial charge < -0.3 is 20.3 Å². The molecule has 0 aliphatic carbocycles. The summed E-state index contributed by atoms with van der Waals surface area (Å²) in [4.78, 5) is 0. The van der Waals surface area contributed by atoms with Gasteiger partial charge in [-0.15, -0.1) is 0 Å². The van der Waals surface area contributed by atoms with Crippen molar-refractivity contribution >= 4 is 37.4 Å². The first-order chi connectivity index (χ1) is 21.5.